The zero-order valence-electron chi connectivity index (χ0n) is 14.1. The third kappa shape index (κ3) is 4.38. The fourth-order valence-electron chi connectivity index (χ4n) is 3.23. The molecule has 0 aliphatic heterocycles. The number of aromatic nitrogens is 2. The van der Waals surface area contributed by atoms with Crippen LogP contribution >= 0.6 is 11.6 Å². The second-order valence-electron chi connectivity index (χ2n) is 6.36. The number of rotatable bonds is 5. The molecule has 1 N–H and O–H groups in total. The summed E-state index contributed by atoms with van der Waals surface area (Å²) in [4.78, 5) is 12.0. The number of nitrogens with one attached hydrogen (secondary N) is 1. The lowest BCUT2D eigenvalue weighted by atomic mass is 9.95. The summed E-state index contributed by atoms with van der Waals surface area (Å²) < 4.78 is 40.9. The lowest BCUT2D eigenvalue weighted by molar-refractivity contribution is -0.142. The fourth-order valence-corrected chi connectivity index (χ4v) is 3.36. The Morgan fingerprint density at radius 1 is 1.19 bits per heavy atom. The molecule has 4 nitrogen and oxygen atoms in total. The predicted octanol–water partition coefficient (Wildman–Crippen LogP) is 3.79. The molecule has 1 amide bonds. The Bertz CT molecular complexity index is 784. The number of alkyl halides is 3. The molecular weight excluding hydrogens is 367 g/mol. The molecule has 26 heavy (non-hydrogen) atoms. The van der Waals surface area contributed by atoms with E-state index in [4.69, 9.17) is 11.6 Å². The van der Waals surface area contributed by atoms with Gasteiger partial charge in [0.05, 0.1) is 13.0 Å². The topological polar surface area (TPSA) is 46.9 Å². The largest absolute Gasteiger partial charge is 0.435 e. The summed E-state index contributed by atoms with van der Waals surface area (Å²) in [5.74, 6) is -0.190. The van der Waals surface area contributed by atoms with Crippen molar-refractivity contribution in [3.8, 4) is 0 Å². The predicted molar refractivity (Wildman–Crippen MR) is 92.0 cm³/mol. The molecule has 1 aliphatic rings. The first-order valence-corrected chi connectivity index (χ1v) is 8.89. The van der Waals surface area contributed by atoms with Crippen molar-refractivity contribution in [3.05, 3.63) is 51.8 Å². The molecule has 0 bridgehead atoms. The second kappa shape index (κ2) is 7.70. The van der Waals surface area contributed by atoms with Crippen molar-refractivity contribution < 1.29 is 18.0 Å². The van der Waals surface area contributed by atoms with Crippen LogP contribution in [0.2, 0.25) is 5.02 Å². The highest BCUT2D eigenvalue weighted by Gasteiger charge is 2.39. The quantitative estimate of drug-likeness (QED) is 0.851. The molecule has 2 aromatic rings. The number of hydrogen-bond donors (Lipinski definition) is 1. The van der Waals surface area contributed by atoms with Crippen molar-refractivity contribution in [1.82, 2.24) is 15.1 Å². The Kier molecular flexibility index (Phi) is 5.55. The van der Waals surface area contributed by atoms with Gasteiger partial charge in [-0.15, -0.1) is 0 Å². The van der Waals surface area contributed by atoms with E-state index in [1.165, 1.54) is 4.68 Å². The molecule has 8 heteroatoms. The molecule has 1 heterocycles. The standard InChI is InChI=1S/C18H19ClF3N3O/c19-13-7-5-12(6-8-13)11-16(26)23-9-10-25-15-4-2-1-3-14(15)17(24-25)18(20,21)22/h5-8H,1-4,9-11H2,(H,23,26). The van der Waals surface area contributed by atoms with E-state index in [-0.39, 0.29) is 25.4 Å². The zero-order valence-corrected chi connectivity index (χ0v) is 14.8. The van der Waals surface area contributed by atoms with Crippen molar-refractivity contribution in [1.29, 1.82) is 0 Å². The molecule has 0 unspecified atom stereocenters. The van der Waals surface area contributed by atoms with Crippen LogP contribution in [0.3, 0.4) is 0 Å². The van der Waals surface area contributed by atoms with Gasteiger partial charge in [0.25, 0.3) is 0 Å². The third-order valence-corrected chi connectivity index (χ3v) is 4.70. The number of amides is 1. The highest BCUT2D eigenvalue weighted by atomic mass is 35.5. The van der Waals surface area contributed by atoms with Gasteiger partial charge < -0.3 is 5.32 Å². The Morgan fingerprint density at radius 3 is 2.58 bits per heavy atom. The van der Waals surface area contributed by atoms with E-state index < -0.39 is 11.9 Å². The first kappa shape index (κ1) is 18.8. The minimum atomic E-state index is -4.44. The van der Waals surface area contributed by atoms with Gasteiger partial charge in [-0.25, -0.2) is 0 Å². The Labute approximate surface area is 154 Å². The molecular formula is C18H19ClF3N3O. The van der Waals surface area contributed by atoms with Crippen LogP contribution < -0.4 is 5.32 Å². The van der Waals surface area contributed by atoms with Gasteiger partial charge in [0.15, 0.2) is 5.69 Å². The zero-order chi connectivity index (χ0) is 18.7. The molecule has 140 valence electrons. The highest BCUT2D eigenvalue weighted by Crippen LogP contribution is 2.35. The van der Waals surface area contributed by atoms with Crippen LogP contribution in [0.1, 0.15) is 35.4 Å². The Hall–Kier alpha value is -2.02. The molecule has 0 atom stereocenters. The molecule has 3 rings (SSSR count). The number of benzene rings is 1. The maximum Gasteiger partial charge on any atom is 0.435 e. The van der Waals surface area contributed by atoms with E-state index in [1.807, 2.05) is 0 Å². The van der Waals surface area contributed by atoms with Crippen LogP contribution in [0.4, 0.5) is 13.2 Å². The maximum absolute atomic E-state index is 13.2. The van der Waals surface area contributed by atoms with Crippen molar-refractivity contribution >= 4 is 17.5 Å². The van der Waals surface area contributed by atoms with Gasteiger partial charge >= 0.3 is 6.18 Å². The molecule has 1 aromatic heterocycles. The van der Waals surface area contributed by atoms with Gasteiger partial charge in [0.1, 0.15) is 0 Å². The van der Waals surface area contributed by atoms with Gasteiger partial charge in [0, 0.05) is 22.8 Å². The first-order valence-electron chi connectivity index (χ1n) is 8.51. The molecule has 1 aliphatic carbocycles. The number of fused-ring (bicyclic) bond motifs is 1. The van der Waals surface area contributed by atoms with Gasteiger partial charge in [-0.2, -0.15) is 18.3 Å². The van der Waals surface area contributed by atoms with Crippen molar-refractivity contribution in [2.45, 2.75) is 44.8 Å². The number of carbonyl (C=O) groups excluding carboxylic acids is 1. The van der Waals surface area contributed by atoms with Crippen molar-refractivity contribution in [3.63, 3.8) is 0 Å². The summed E-state index contributed by atoms with van der Waals surface area (Å²) in [6.07, 6.45) is -1.63. The van der Waals surface area contributed by atoms with Crippen LogP contribution in [0.25, 0.3) is 0 Å². The van der Waals surface area contributed by atoms with Crippen LogP contribution in [0, 0.1) is 0 Å². The van der Waals surface area contributed by atoms with Gasteiger partial charge in [0.2, 0.25) is 5.91 Å². The second-order valence-corrected chi connectivity index (χ2v) is 6.79. The minimum absolute atomic E-state index is 0.190. The average molecular weight is 386 g/mol. The molecule has 0 fully saturated rings. The van der Waals surface area contributed by atoms with Crippen LogP contribution in [0.15, 0.2) is 24.3 Å². The van der Waals surface area contributed by atoms with Crippen LogP contribution in [0.5, 0.6) is 0 Å². The summed E-state index contributed by atoms with van der Waals surface area (Å²) in [6, 6.07) is 6.94. The van der Waals surface area contributed by atoms with Crippen molar-refractivity contribution in [2.24, 2.45) is 0 Å². The van der Waals surface area contributed by atoms with E-state index in [0.717, 1.165) is 18.4 Å². The smallest absolute Gasteiger partial charge is 0.354 e. The minimum Gasteiger partial charge on any atom is -0.354 e. The number of halogens is 4. The highest BCUT2D eigenvalue weighted by molar-refractivity contribution is 6.30. The van der Waals surface area contributed by atoms with E-state index >= 15 is 0 Å². The SMILES string of the molecule is O=C(Cc1ccc(Cl)cc1)NCCn1nc(C(F)(F)F)c2c1CCCC2. The maximum atomic E-state index is 13.2. The number of nitrogens with zero attached hydrogens (tertiary/aromatic N) is 2. The lowest BCUT2D eigenvalue weighted by Crippen LogP contribution is -2.29. The van der Waals surface area contributed by atoms with Gasteiger partial charge in [-0.05, 0) is 43.4 Å². The number of hydrogen-bond acceptors (Lipinski definition) is 2. The molecule has 0 saturated carbocycles. The van der Waals surface area contributed by atoms with Gasteiger partial charge in [-0.3, -0.25) is 9.48 Å². The monoisotopic (exact) mass is 385 g/mol. The number of carbonyl (C=O) groups is 1. The Morgan fingerprint density at radius 2 is 1.88 bits per heavy atom. The summed E-state index contributed by atoms with van der Waals surface area (Å²) in [5.41, 5.74) is 1.01. The molecule has 1 aromatic carbocycles. The van der Waals surface area contributed by atoms with Gasteiger partial charge in [-0.1, -0.05) is 23.7 Å². The van der Waals surface area contributed by atoms with E-state index in [9.17, 15) is 18.0 Å². The Balaban J connectivity index is 1.60. The molecule has 0 spiro atoms. The lowest BCUT2D eigenvalue weighted by Gasteiger charge is -2.15. The summed E-state index contributed by atoms with van der Waals surface area (Å²) in [6.45, 7) is 0.461. The average Bonchev–Trinajstić information content (AvgIpc) is 2.96. The first-order chi connectivity index (χ1) is 12.3. The summed E-state index contributed by atoms with van der Waals surface area (Å²) in [7, 11) is 0. The summed E-state index contributed by atoms with van der Waals surface area (Å²) >= 11 is 5.80. The van der Waals surface area contributed by atoms with Crippen molar-refractivity contribution in [2.75, 3.05) is 6.54 Å². The van der Waals surface area contributed by atoms with E-state index in [1.54, 1.807) is 24.3 Å². The van der Waals surface area contributed by atoms with Crippen LogP contribution in [-0.2, 0) is 36.8 Å². The van der Waals surface area contributed by atoms with Crippen LogP contribution in [-0.4, -0.2) is 22.2 Å². The summed E-state index contributed by atoms with van der Waals surface area (Å²) in [5, 5.41) is 7.11. The normalized spacial score (nSPS) is 14.2. The van der Waals surface area contributed by atoms with E-state index in [0.29, 0.717) is 29.1 Å². The third-order valence-electron chi connectivity index (χ3n) is 4.45. The molecule has 0 saturated heterocycles. The fraction of sp³-hybridized carbons (Fsp3) is 0.444. The molecule has 0 radical (unpaired) electrons. The van der Waals surface area contributed by atoms with E-state index in [2.05, 4.69) is 10.4 Å².